The Kier molecular flexibility index (Phi) is 5.04. The van der Waals surface area contributed by atoms with Crippen LogP contribution in [0.15, 0.2) is 0 Å². The molecule has 0 heterocycles. The van der Waals surface area contributed by atoms with Crippen LogP contribution in [0, 0.1) is 11.8 Å². The number of hydrogen-bond donors (Lipinski definition) is 2. The molecule has 0 aliphatic heterocycles. The third-order valence-corrected chi connectivity index (χ3v) is 4.88. The Morgan fingerprint density at radius 1 is 1.06 bits per heavy atom. The van der Waals surface area contributed by atoms with E-state index in [0.717, 1.165) is 19.3 Å². The summed E-state index contributed by atoms with van der Waals surface area (Å²) in [4.78, 5) is 12.2. The molecule has 104 valence electrons. The molecule has 3 nitrogen and oxygen atoms in total. The number of hydrogen-bond acceptors (Lipinski definition) is 2. The number of carbonyl (C=O) groups is 1. The first-order valence-corrected chi connectivity index (χ1v) is 7.74. The molecule has 3 N–H and O–H groups in total. The topological polar surface area (TPSA) is 55.1 Å². The quantitative estimate of drug-likeness (QED) is 0.759. The van der Waals surface area contributed by atoms with E-state index in [1.807, 2.05) is 0 Å². The summed E-state index contributed by atoms with van der Waals surface area (Å²) in [6, 6.07) is 0.412. The van der Waals surface area contributed by atoms with Crippen molar-refractivity contribution >= 4 is 5.91 Å². The highest BCUT2D eigenvalue weighted by molar-refractivity contribution is 5.80. The van der Waals surface area contributed by atoms with Crippen LogP contribution in [-0.2, 0) is 4.79 Å². The van der Waals surface area contributed by atoms with Gasteiger partial charge in [-0.2, -0.15) is 0 Å². The first kappa shape index (κ1) is 13.9. The van der Waals surface area contributed by atoms with Crippen LogP contribution in [0.2, 0.25) is 0 Å². The molecular formula is C15H28N2O. The van der Waals surface area contributed by atoms with E-state index < -0.39 is 0 Å². The van der Waals surface area contributed by atoms with E-state index in [2.05, 4.69) is 12.2 Å². The van der Waals surface area contributed by atoms with Crippen LogP contribution in [0.3, 0.4) is 0 Å². The maximum Gasteiger partial charge on any atom is 0.224 e. The van der Waals surface area contributed by atoms with Gasteiger partial charge in [0.25, 0.3) is 0 Å². The smallest absolute Gasteiger partial charge is 0.224 e. The average Bonchev–Trinajstić information content (AvgIpc) is 2.63. The van der Waals surface area contributed by atoms with Crippen molar-refractivity contribution in [2.24, 2.45) is 17.6 Å². The van der Waals surface area contributed by atoms with Gasteiger partial charge in [-0.1, -0.05) is 32.1 Å². The number of carbonyl (C=O) groups excluding carboxylic acids is 1. The van der Waals surface area contributed by atoms with E-state index >= 15 is 0 Å². The minimum atomic E-state index is 0.0678. The summed E-state index contributed by atoms with van der Waals surface area (Å²) in [5, 5.41) is 3.23. The molecule has 0 radical (unpaired) electrons. The fourth-order valence-corrected chi connectivity index (χ4v) is 3.57. The molecule has 2 aliphatic carbocycles. The molecule has 0 aromatic carbocycles. The first-order chi connectivity index (χ1) is 8.68. The molecule has 3 atom stereocenters. The highest BCUT2D eigenvalue weighted by Gasteiger charge is 2.31. The van der Waals surface area contributed by atoms with Crippen molar-refractivity contribution in [3.8, 4) is 0 Å². The molecule has 0 saturated heterocycles. The fraction of sp³-hybridized carbons (Fsp3) is 0.933. The lowest BCUT2D eigenvalue weighted by molar-refractivity contribution is -0.126. The van der Waals surface area contributed by atoms with Gasteiger partial charge in [0.1, 0.15) is 0 Å². The van der Waals surface area contributed by atoms with Crippen LogP contribution in [0.4, 0.5) is 0 Å². The van der Waals surface area contributed by atoms with Crippen molar-refractivity contribution in [3.63, 3.8) is 0 Å². The van der Waals surface area contributed by atoms with Crippen molar-refractivity contribution in [3.05, 3.63) is 0 Å². The highest BCUT2D eigenvalue weighted by Crippen LogP contribution is 2.27. The Morgan fingerprint density at radius 3 is 2.28 bits per heavy atom. The minimum Gasteiger partial charge on any atom is -0.353 e. The number of nitrogens with one attached hydrogen (secondary N) is 1. The van der Waals surface area contributed by atoms with Crippen LogP contribution >= 0.6 is 0 Å². The Bertz CT molecular complexity index is 272. The summed E-state index contributed by atoms with van der Waals surface area (Å²) in [6.45, 7) is 2.17. The molecule has 0 aromatic rings. The predicted octanol–water partition coefficient (Wildman–Crippen LogP) is 2.59. The van der Waals surface area contributed by atoms with Gasteiger partial charge in [-0.15, -0.1) is 0 Å². The zero-order valence-corrected chi connectivity index (χ0v) is 11.7. The van der Waals surface area contributed by atoms with Crippen LogP contribution in [0.25, 0.3) is 0 Å². The molecule has 18 heavy (non-hydrogen) atoms. The maximum atomic E-state index is 12.2. The molecule has 0 bridgehead atoms. The molecule has 2 aliphatic rings. The Balaban J connectivity index is 1.82. The Morgan fingerprint density at radius 2 is 1.72 bits per heavy atom. The second kappa shape index (κ2) is 6.55. The van der Waals surface area contributed by atoms with Crippen LogP contribution in [0.5, 0.6) is 0 Å². The zero-order chi connectivity index (χ0) is 13.0. The summed E-state index contributed by atoms with van der Waals surface area (Å²) >= 11 is 0. The molecule has 2 fully saturated rings. The fourth-order valence-electron chi connectivity index (χ4n) is 3.57. The molecule has 1 amide bonds. The first-order valence-electron chi connectivity index (χ1n) is 7.74. The SMILES string of the molecule is C[C@H](NC(=O)C1CCCC1N)C1CCCCCC1. The van der Waals surface area contributed by atoms with E-state index in [-0.39, 0.29) is 17.9 Å². The molecular weight excluding hydrogens is 224 g/mol. The molecule has 2 saturated carbocycles. The van der Waals surface area contributed by atoms with E-state index in [0.29, 0.717) is 12.0 Å². The minimum absolute atomic E-state index is 0.0678. The monoisotopic (exact) mass is 252 g/mol. The van der Waals surface area contributed by atoms with E-state index in [1.54, 1.807) is 0 Å². The molecule has 0 spiro atoms. The number of amides is 1. The van der Waals surface area contributed by atoms with Crippen molar-refractivity contribution in [1.82, 2.24) is 5.32 Å². The third kappa shape index (κ3) is 3.47. The molecule has 2 rings (SSSR count). The van der Waals surface area contributed by atoms with Gasteiger partial charge in [-0.25, -0.2) is 0 Å². The third-order valence-electron chi connectivity index (χ3n) is 4.88. The second-order valence-corrected chi connectivity index (χ2v) is 6.25. The van der Waals surface area contributed by atoms with E-state index in [4.69, 9.17) is 5.73 Å². The predicted molar refractivity (Wildman–Crippen MR) is 74.1 cm³/mol. The van der Waals surface area contributed by atoms with Gasteiger partial charge in [0.15, 0.2) is 0 Å². The lowest BCUT2D eigenvalue weighted by Gasteiger charge is -2.26. The van der Waals surface area contributed by atoms with Crippen molar-refractivity contribution < 1.29 is 4.79 Å². The Hall–Kier alpha value is -0.570. The van der Waals surface area contributed by atoms with Crippen molar-refractivity contribution in [2.75, 3.05) is 0 Å². The number of rotatable bonds is 3. The van der Waals surface area contributed by atoms with Crippen molar-refractivity contribution in [1.29, 1.82) is 0 Å². The van der Waals surface area contributed by atoms with Gasteiger partial charge in [0.2, 0.25) is 5.91 Å². The summed E-state index contributed by atoms with van der Waals surface area (Å²) < 4.78 is 0. The number of nitrogens with two attached hydrogens (primary N) is 1. The lowest BCUT2D eigenvalue weighted by Crippen LogP contribution is -2.44. The average molecular weight is 252 g/mol. The van der Waals surface area contributed by atoms with Gasteiger partial charge < -0.3 is 11.1 Å². The second-order valence-electron chi connectivity index (χ2n) is 6.25. The van der Waals surface area contributed by atoms with Gasteiger partial charge in [0.05, 0.1) is 5.92 Å². The van der Waals surface area contributed by atoms with Crippen LogP contribution < -0.4 is 11.1 Å². The normalized spacial score (nSPS) is 31.9. The van der Waals surface area contributed by atoms with E-state index in [1.165, 1.54) is 38.5 Å². The standard InChI is InChI=1S/C15H28N2O/c1-11(12-7-4-2-3-5-8-12)17-15(18)13-9-6-10-14(13)16/h11-14H,2-10,16H2,1H3,(H,17,18)/t11-,13?,14?/m0/s1. The molecule has 2 unspecified atom stereocenters. The van der Waals surface area contributed by atoms with Crippen LogP contribution in [-0.4, -0.2) is 18.0 Å². The molecule has 0 aromatic heterocycles. The lowest BCUT2D eigenvalue weighted by atomic mass is 9.92. The van der Waals surface area contributed by atoms with Gasteiger partial charge in [0, 0.05) is 12.1 Å². The van der Waals surface area contributed by atoms with E-state index in [9.17, 15) is 4.79 Å². The van der Waals surface area contributed by atoms with Gasteiger partial charge >= 0.3 is 0 Å². The van der Waals surface area contributed by atoms with Crippen LogP contribution in [0.1, 0.15) is 64.7 Å². The largest absolute Gasteiger partial charge is 0.353 e. The zero-order valence-electron chi connectivity index (χ0n) is 11.7. The molecule has 3 heteroatoms. The summed E-state index contributed by atoms with van der Waals surface area (Å²) in [5.74, 6) is 0.948. The Labute approximate surface area is 111 Å². The summed E-state index contributed by atoms with van der Waals surface area (Å²) in [7, 11) is 0. The summed E-state index contributed by atoms with van der Waals surface area (Å²) in [5.41, 5.74) is 6.00. The van der Waals surface area contributed by atoms with Gasteiger partial charge in [-0.3, -0.25) is 4.79 Å². The van der Waals surface area contributed by atoms with Crippen molar-refractivity contribution in [2.45, 2.75) is 76.8 Å². The summed E-state index contributed by atoms with van der Waals surface area (Å²) in [6.07, 6.45) is 11.0. The maximum absolute atomic E-state index is 12.2. The highest BCUT2D eigenvalue weighted by atomic mass is 16.2. The van der Waals surface area contributed by atoms with Gasteiger partial charge in [-0.05, 0) is 38.5 Å².